The molecule has 0 heterocycles. The van der Waals surface area contributed by atoms with Crippen molar-refractivity contribution in [1.82, 2.24) is 0 Å². The van der Waals surface area contributed by atoms with E-state index in [-0.39, 0.29) is 5.91 Å². The van der Waals surface area contributed by atoms with Crippen LogP contribution in [0.2, 0.25) is 0 Å². The van der Waals surface area contributed by atoms with Crippen LogP contribution in [0.25, 0.3) is 0 Å². The third-order valence-corrected chi connectivity index (χ3v) is 4.00. The highest BCUT2D eigenvalue weighted by molar-refractivity contribution is 5.97. The van der Waals surface area contributed by atoms with Crippen molar-refractivity contribution in [3.63, 3.8) is 0 Å². The van der Waals surface area contributed by atoms with Crippen LogP contribution >= 0.6 is 0 Å². The molecule has 0 radical (unpaired) electrons. The Hall–Kier alpha value is -1.59. The molecule has 0 aromatic heterocycles. The molecule has 1 aromatic carbocycles. The fourth-order valence-electron chi connectivity index (χ4n) is 2.28. The Bertz CT molecular complexity index is 475. The molecule has 0 aliphatic rings. The summed E-state index contributed by atoms with van der Waals surface area (Å²) in [6, 6.07) is 7.33. The zero-order chi connectivity index (χ0) is 17.8. The van der Waals surface area contributed by atoms with Crippen molar-refractivity contribution in [3.8, 4) is 5.75 Å². The molecule has 1 amide bonds. The van der Waals surface area contributed by atoms with Gasteiger partial charge in [0.25, 0.3) is 5.91 Å². The van der Waals surface area contributed by atoms with Gasteiger partial charge < -0.3 is 19.5 Å². The number of benzene rings is 1. The minimum Gasteiger partial charge on any atom is -0.491 e. The maximum Gasteiger partial charge on any atom is 0.256 e. The average molecular weight is 337 g/mol. The molecular weight excluding hydrogens is 306 g/mol. The lowest BCUT2D eigenvalue weighted by Crippen LogP contribution is -2.41. The Balaban J connectivity index is 2.53. The molecule has 0 saturated carbocycles. The van der Waals surface area contributed by atoms with Gasteiger partial charge in [-0.15, -0.1) is 0 Å². The molecule has 0 fully saturated rings. The summed E-state index contributed by atoms with van der Waals surface area (Å²) in [7, 11) is 1.58. The Morgan fingerprint density at radius 1 is 1.12 bits per heavy atom. The van der Waals surface area contributed by atoms with E-state index in [0.717, 1.165) is 30.7 Å². The van der Waals surface area contributed by atoms with Crippen LogP contribution in [0.5, 0.6) is 5.75 Å². The fourth-order valence-corrected chi connectivity index (χ4v) is 2.28. The molecule has 5 nitrogen and oxygen atoms in total. The number of carbonyl (C=O) groups excluding carboxylic acids is 1. The number of hydrogen-bond donors (Lipinski definition) is 1. The van der Waals surface area contributed by atoms with Crippen LogP contribution in [0.3, 0.4) is 0 Å². The van der Waals surface area contributed by atoms with Gasteiger partial charge in [-0.2, -0.15) is 0 Å². The molecular formula is C19H31NO4. The van der Waals surface area contributed by atoms with Crippen LogP contribution in [0.15, 0.2) is 24.3 Å². The van der Waals surface area contributed by atoms with Crippen LogP contribution in [0.4, 0.5) is 5.69 Å². The average Bonchev–Trinajstić information content (AvgIpc) is 2.60. The number of ether oxygens (including phenoxy) is 3. The van der Waals surface area contributed by atoms with E-state index in [0.29, 0.717) is 26.2 Å². The number of hydrogen-bond acceptors (Lipinski definition) is 4. The van der Waals surface area contributed by atoms with Gasteiger partial charge in [-0.1, -0.05) is 26.2 Å². The summed E-state index contributed by atoms with van der Waals surface area (Å²) in [6.07, 6.45) is 3.90. The highest BCUT2D eigenvalue weighted by Crippen LogP contribution is 2.22. The lowest BCUT2D eigenvalue weighted by Gasteiger charge is -2.27. The second-order valence-electron chi connectivity index (χ2n) is 5.92. The first-order chi connectivity index (χ1) is 11.6. The van der Waals surface area contributed by atoms with Gasteiger partial charge >= 0.3 is 0 Å². The molecule has 0 saturated heterocycles. The first-order valence-electron chi connectivity index (χ1n) is 8.73. The van der Waals surface area contributed by atoms with E-state index in [1.165, 1.54) is 0 Å². The molecule has 24 heavy (non-hydrogen) atoms. The third kappa shape index (κ3) is 6.89. The van der Waals surface area contributed by atoms with Crippen molar-refractivity contribution in [2.75, 3.05) is 32.2 Å². The number of anilines is 1. The van der Waals surface area contributed by atoms with Crippen LogP contribution in [0.1, 0.15) is 46.5 Å². The molecule has 136 valence electrons. The smallest absolute Gasteiger partial charge is 0.256 e. The first-order valence-corrected chi connectivity index (χ1v) is 8.73. The van der Waals surface area contributed by atoms with Gasteiger partial charge in [-0.05, 0) is 44.5 Å². The molecule has 0 bridgehead atoms. The number of unbranched alkanes of at least 4 members (excludes halogenated alkanes) is 2. The first kappa shape index (κ1) is 20.5. The van der Waals surface area contributed by atoms with Crippen molar-refractivity contribution in [3.05, 3.63) is 24.3 Å². The van der Waals surface area contributed by atoms with Gasteiger partial charge in [-0.3, -0.25) is 4.79 Å². The number of methoxy groups -OCH3 is 1. The Labute approximate surface area is 145 Å². The summed E-state index contributed by atoms with van der Waals surface area (Å²) in [5, 5.41) is 2.92. The molecule has 0 unspecified atom stereocenters. The Morgan fingerprint density at radius 2 is 1.83 bits per heavy atom. The normalized spacial score (nSPS) is 13.3. The summed E-state index contributed by atoms with van der Waals surface area (Å²) in [6.45, 7) is 7.70. The van der Waals surface area contributed by atoms with E-state index in [1.54, 1.807) is 7.11 Å². The summed E-state index contributed by atoms with van der Waals surface area (Å²) < 4.78 is 16.3. The van der Waals surface area contributed by atoms with Gasteiger partial charge in [-0.25, -0.2) is 0 Å². The van der Waals surface area contributed by atoms with E-state index < -0.39 is 5.60 Å². The fraction of sp³-hybridized carbons (Fsp3) is 0.632. The zero-order valence-corrected chi connectivity index (χ0v) is 15.4. The summed E-state index contributed by atoms with van der Waals surface area (Å²) in [4.78, 5) is 12.5. The maximum absolute atomic E-state index is 12.5. The van der Waals surface area contributed by atoms with Gasteiger partial charge in [0.1, 0.15) is 18.0 Å². The largest absolute Gasteiger partial charge is 0.491 e. The number of amides is 1. The molecule has 1 aromatic rings. The Morgan fingerprint density at radius 3 is 2.42 bits per heavy atom. The molecule has 0 spiro atoms. The van der Waals surface area contributed by atoms with Gasteiger partial charge in [0.05, 0.1) is 6.61 Å². The molecule has 5 heteroatoms. The molecule has 1 atom stereocenters. The summed E-state index contributed by atoms with van der Waals surface area (Å²) in [5.74, 6) is 0.635. The minimum absolute atomic E-state index is 0.119. The van der Waals surface area contributed by atoms with Crippen molar-refractivity contribution >= 4 is 11.6 Å². The van der Waals surface area contributed by atoms with Crippen LogP contribution in [0, 0.1) is 0 Å². The maximum atomic E-state index is 12.5. The van der Waals surface area contributed by atoms with Crippen LogP contribution in [-0.4, -0.2) is 38.4 Å². The van der Waals surface area contributed by atoms with Crippen molar-refractivity contribution in [2.45, 2.75) is 52.1 Å². The third-order valence-electron chi connectivity index (χ3n) is 4.00. The second-order valence-corrected chi connectivity index (χ2v) is 5.92. The monoisotopic (exact) mass is 337 g/mol. The standard InChI is InChI=1S/C19H31NO4/c1-5-7-8-13-19(3,22-4)18(21)20-16-9-11-17(12-10-16)24-15-14-23-6-2/h9-12H,5-8,13-15H2,1-4H3,(H,20,21)/t19-/m0/s1. The van der Waals surface area contributed by atoms with Gasteiger partial charge in [0.15, 0.2) is 0 Å². The van der Waals surface area contributed by atoms with E-state index >= 15 is 0 Å². The highest BCUT2D eigenvalue weighted by Gasteiger charge is 2.32. The van der Waals surface area contributed by atoms with E-state index in [4.69, 9.17) is 14.2 Å². The SMILES string of the molecule is CCCCC[C@](C)(OC)C(=O)Nc1ccc(OCCOCC)cc1. The highest BCUT2D eigenvalue weighted by atomic mass is 16.5. The van der Waals surface area contributed by atoms with Crippen molar-refractivity contribution in [2.24, 2.45) is 0 Å². The molecule has 1 N–H and O–H groups in total. The van der Waals surface area contributed by atoms with Gasteiger partial charge in [0.2, 0.25) is 0 Å². The lowest BCUT2D eigenvalue weighted by atomic mass is 9.97. The molecule has 0 aliphatic heterocycles. The molecule has 1 rings (SSSR count). The zero-order valence-electron chi connectivity index (χ0n) is 15.4. The predicted octanol–water partition coefficient (Wildman–Crippen LogP) is 4.03. The van der Waals surface area contributed by atoms with E-state index in [1.807, 2.05) is 38.1 Å². The van der Waals surface area contributed by atoms with Crippen molar-refractivity contribution < 1.29 is 19.0 Å². The predicted molar refractivity (Wildman–Crippen MR) is 96.6 cm³/mol. The Kier molecular flexibility index (Phi) is 9.42. The second kappa shape index (κ2) is 11.0. The van der Waals surface area contributed by atoms with E-state index in [9.17, 15) is 4.79 Å². The van der Waals surface area contributed by atoms with Gasteiger partial charge in [0, 0.05) is 19.4 Å². The quantitative estimate of drug-likeness (QED) is 0.585. The number of nitrogens with one attached hydrogen (secondary N) is 1. The molecule has 0 aliphatic carbocycles. The summed E-state index contributed by atoms with van der Waals surface area (Å²) in [5.41, 5.74) is -0.0714. The topological polar surface area (TPSA) is 56.8 Å². The summed E-state index contributed by atoms with van der Waals surface area (Å²) >= 11 is 0. The number of rotatable bonds is 12. The number of carbonyl (C=O) groups is 1. The van der Waals surface area contributed by atoms with Crippen LogP contribution < -0.4 is 10.1 Å². The van der Waals surface area contributed by atoms with Crippen LogP contribution in [-0.2, 0) is 14.3 Å². The van der Waals surface area contributed by atoms with E-state index in [2.05, 4.69) is 12.2 Å². The minimum atomic E-state index is -0.804. The lowest BCUT2D eigenvalue weighted by molar-refractivity contribution is -0.136. The van der Waals surface area contributed by atoms with Crippen molar-refractivity contribution in [1.29, 1.82) is 0 Å².